The average molecular weight is 185 g/mol. The maximum Gasteiger partial charge on any atom is 0.322 e. The van der Waals surface area contributed by atoms with Crippen molar-refractivity contribution in [1.29, 1.82) is 0 Å². The zero-order valence-corrected chi connectivity index (χ0v) is 8.45. The molecule has 0 bridgehead atoms. The second kappa shape index (κ2) is 4.61. The fourth-order valence-corrected chi connectivity index (χ4v) is 1.60. The largest absolute Gasteiger partial charge is 0.465 e. The molecular formula is C10H19NO2. The molecule has 0 saturated heterocycles. The summed E-state index contributed by atoms with van der Waals surface area (Å²) in [7, 11) is 0. The standard InChI is InChI=1S/C10H19NO2/c1-3-13-10(12)9(11)6-7(2)8-4-5-8/h7-9H,3-6,11H2,1-2H3. The van der Waals surface area contributed by atoms with Gasteiger partial charge in [-0.25, -0.2) is 0 Å². The van der Waals surface area contributed by atoms with Gasteiger partial charge >= 0.3 is 5.97 Å². The summed E-state index contributed by atoms with van der Waals surface area (Å²) in [5, 5.41) is 0. The predicted octanol–water partition coefficient (Wildman–Crippen LogP) is 1.31. The zero-order chi connectivity index (χ0) is 9.84. The maximum absolute atomic E-state index is 11.2. The topological polar surface area (TPSA) is 52.3 Å². The first kappa shape index (κ1) is 10.5. The van der Waals surface area contributed by atoms with Gasteiger partial charge in [-0.15, -0.1) is 0 Å². The lowest BCUT2D eigenvalue weighted by atomic mass is 9.98. The van der Waals surface area contributed by atoms with E-state index >= 15 is 0 Å². The van der Waals surface area contributed by atoms with E-state index in [2.05, 4.69) is 6.92 Å². The molecule has 2 atom stereocenters. The Hall–Kier alpha value is -0.570. The van der Waals surface area contributed by atoms with Crippen LogP contribution in [0.1, 0.15) is 33.1 Å². The van der Waals surface area contributed by atoms with Crippen molar-refractivity contribution in [3.8, 4) is 0 Å². The zero-order valence-electron chi connectivity index (χ0n) is 8.45. The molecule has 13 heavy (non-hydrogen) atoms. The van der Waals surface area contributed by atoms with Crippen molar-refractivity contribution in [2.24, 2.45) is 17.6 Å². The molecule has 0 radical (unpaired) electrons. The van der Waals surface area contributed by atoms with Crippen LogP contribution in [0, 0.1) is 11.8 Å². The molecule has 3 heteroatoms. The van der Waals surface area contributed by atoms with Crippen molar-refractivity contribution in [3.63, 3.8) is 0 Å². The monoisotopic (exact) mass is 185 g/mol. The van der Waals surface area contributed by atoms with Gasteiger partial charge in [-0.3, -0.25) is 4.79 Å². The first-order valence-corrected chi connectivity index (χ1v) is 5.07. The van der Waals surface area contributed by atoms with Gasteiger partial charge in [0.15, 0.2) is 0 Å². The number of carbonyl (C=O) groups is 1. The van der Waals surface area contributed by atoms with Crippen LogP contribution in [0.2, 0.25) is 0 Å². The summed E-state index contributed by atoms with van der Waals surface area (Å²) in [6.07, 6.45) is 3.37. The van der Waals surface area contributed by atoms with E-state index in [1.165, 1.54) is 12.8 Å². The number of nitrogens with two attached hydrogens (primary N) is 1. The van der Waals surface area contributed by atoms with Crippen molar-refractivity contribution in [1.82, 2.24) is 0 Å². The lowest BCUT2D eigenvalue weighted by Crippen LogP contribution is -2.34. The molecule has 0 aromatic carbocycles. The van der Waals surface area contributed by atoms with Crippen molar-refractivity contribution < 1.29 is 9.53 Å². The van der Waals surface area contributed by atoms with Crippen LogP contribution in [-0.2, 0) is 9.53 Å². The summed E-state index contributed by atoms with van der Waals surface area (Å²) in [5.74, 6) is 1.12. The number of hydrogen-bond donors (Lipinski definition) is 1. The van der Waals surface area contributed by atoms with Crippen molar-refractivity contribution in [2.45, 2.75) is 39.2 Å². The summed E-state index contributed by atoms with van der Waals surface area (Å²) in [5.41, 5.74) is 5.70. The normalized spacial score (nSPS) is 20.8. The molecule has 0 aromatic rings. The Morgan fingerprint density at radius 3 is 2.69 bits per heavy atom. The third-order valence-electron chi connectivity index (χ3n) is 2.64. The molecule has 0 amide bonds. The Balaban J connectivity index is 2.21. The summed E-state index contributed by atoms with van der Waals surface area (Å²) in [6.45, 7) is 4.38. The minimum absolute atomic E-state index is 0.255. The molecular weight excluding hydrogens is 166 g/mol. The Morgan fingerprint density at radius 2 is 2.23 bits per heavy atom. The second-order valence-electron chi connectivity index (χ2n) is 3.91. The van der Waals surface area contributed by atoms with E-state index in [1.54, 1.807) is 6.92 Å². The van der Waals surface area contributed by atoms with Crippen molar-refractivity contribution in [2.75, 3.05) is 6.61 Å². The average Bonchev–Trinajstić information content (AvgIpc) is 2.86. The van der Waals surface area contributed by atoms with Crippen LogP contribution >= 0.6 is 0 Å². The minimum atomic E-state index is -0.421. The van der Waals surface area contributed by atoms with Crippen LogP contribution < -0.4 is 5.73 Å². The van der Waals surface area contributed by atoms with Crippen molar-refractivity contribution >= 4 is 5.97 Å². The first-order valence-electron chi connectivity index (χ1n) is 5.07. The second-order valence-corrected chi connectivity index (χ2v) is 3.91. The molecule has 0 aliphatic heterocycles. The molecule has 3 nitrogen and oxygen atoms in total. The number of esters is 1. The molecule has 1 fully saturated rings. The van der Waals surface area contributed by atoms with E-state index < -0.39 is 6.04 Å². The Kier molecular flexibility index (Phi) is 3.72. The Bertz CT molecular complexity index is 178. The highest BCUT2D eigenvalue weighted by Crippen LogP contribution is 2.38. The van der Waals surface area contributed by atoms with Gasteiger partial charge in [0.05, 0.1) is 6.61 Å². The molecule has 2 unspecified atom stereocenters. The molecule has 1 aliphatic carbocycles. The van der Waals surface area contributed by atoms with Gasteiger partial charge in [0.25, 0.3) is 0 Å². The van der Waals surface area contributed by atoms with E-state index in [4.69, 9.17) is 10.5 Å². The van der Waals surface area contributed by atoms with E-state index in [0.29, 0.717) is 12.5 Å². The quantitative estimate of drug-likeness (QED) is 0.657. The molecule has 0 heterocycles. The molecule has 1 aliphatic rings. The minimum Gasteiger partial charge on any atom is -0.465 e. The highest BCUT2D eigenvalue weighted by Gasteiger charge is 2.30. The van der Waals surface area contributed by atoms with Gasteiger partial charge in [-0.05, 0) is 38.0 Å². The smallest absolute Gasteiger partial charge is 0.322 e. The van der Waals surface area contributed by atoms with Crippen LogP contribution in [0.5, 0.6) is 0 Å². The van der Waals surface area contributed by atoms with Gasteiger partial charge in [0.1, 0.15) is 6.04 Å². The lowest BCUT2D eigenvalue weighted by Gasteiger charge is -2.15. The number of rotatable bonds is 5. The van der Waals surface area contributed by atoms with Gasteiger partial charge in [0, 0.05) is 0 Å². The molecule has 1 saturated carbocycles. The van der Waals surface area contributed by atoms with Crippen LogP contribution in [0.4, 0.5) is 0 Å². The molecule has 0 aromatic heterocycles. The maximum atomic E-state index is 11.2. The highest BCUT2D eigenvalue weighted by atomic mass is 16.5. The van der Waals surface area contributed by atoms with E-state index in [9.17, 15) is 4.79 Å². The molecule has 0 spiro atoms. The Morgan fingerprint density at radius 1 is 1.62 bits per heavy atom. The van der Waals surface area contributed by atoms with Crippen LogP contribution in [0.3, 0.4) is 0 Å². The number of carbonyl (C=O) groups excluding carboxylic acids is 1. The summed E-state index contributed by atoms with van der Waals surface area (Å²) >= 11 is 0. The Labute approximate surface area is 79.6 Å². The predicted molar refractivity (Wildman–Crippen MR) is 51.1 cm³/mol. The molecule has 1 rings (SSSR count). The van der Waals surface area contributed by atoms with E-state index in [0.717, 1.165) is 12.3 Å². The molecule has 76 valence electrons. The summed E-state index contributed by atoms with van der Waals surface area (Å²) in [4.78, 5) is 11.2. The fraction of sp³-hybridized carbons (Fsp3) is 0.900. The van der Waals surface area contributed by atoms with Crippen LogP contribution in [-0.4, -0.2) is 18.6 Å². The number of ether oxygens (including phenoxy) is 1. The SMILES string of the molecule is CCOC(=O)C(N)CC(C)C1CC1. The first-order chi connectivity index (χ1) is 6.15. The summed E-state index contributed by atoms with van der Waals surface area (Å²) in [6, 6.07) is -0.421. The summed E-state index contributed by atoms with van der Waals surface area (Å²) < 4.78 is 4.84. The van der Waals surface area contributed by atoms with Crippen LogP contribution in [0.25, 0.3) is 0 Å². The van der Waals surface area contributed by atoms with E-state index in [-0.39, 0.29) is 5.97 Å². The van der Waals surface area contributed by atoms with Crippen LogP contribution in [0.15, 0.2) is 0 Å². The van der Waals surface area contributed by atoms with Gasteiger partial charge in [-0.2, -0.15) is 0 Å². The van der Waals surface area contributed by atoms with Gasteiger partial charge in [-0.1, -0.05) is 6.92 Å². The van der Waals surface area contributed by atoms with E-state index in [1.807, 2.05) is 0 Å². The molecule has 2 N–H and O–H groups in total. The third kappa shape index (κ3) is 3.35. The van der Waals surface area contributed by atoms with Gasteiger partial charge < -0.3 is 10.5 Å². The fourth-order valence-electron chi connectivity index (χ4n) is 1.60. The number of hydrogen-bond acceptors (Lipinski definition) is 3. The lowest BCUT2D eigenvalue weighted by molar-refractivity contribution is -0.145. The van der Waals surface area contributed by atoms with Crippen molar-refractivity contribution in [3.05, 3.63) is 0 Å². The third-order valence-corrected chi connectivity index (χ3v) is 2.64. The van der Waals surface area contributed by atoms with Gasteiger partial charge in [0.2, 0.25) is 0 Å². The highest BCUT2D eigenvalue weighted by molar-refractivity contribution is 5.75.